The molecule has 0 spiro atoms. The van der Waals surface area contributed by atoms with Crippen LogP contribution in [0, 0.1) is 5.82 Å². The number of esters is 1. The molecule has 0 heterocycles. The van der Waals surface area contributed by atoms with Gasteiger partial charge in [0.1, 0.15) is 5.82 Å². The molecule has 2 rings (SSSR count). The summed E-state index contributed by atoms with van der Waals surface area (Å²) in [4.78, 5) is 35.1. The molecule has 0 radical (unpaired) electrons. The molecule has 2 aromatic rings. The van der Waals surface area contributed by atoms with Crippen LogP contribution in [-0.2, 0) is 14.3 Å². The summed E-state index contributed by atoms with van der Waals surface area (Å²) in [6.07, 6.45) is 0. The number of hydrogen-bond acceptors (Lipinski definition) is 4. The molecule has 0 aromatic heterocycles. The first-order valence-electron chi connectivity index (χ1n) is 7.29. The highest BCUT2D eigenvalue weighted by molar-refractivity contribution is 6.42. The first-order valence-corrected chi connectivity index (χ1v) is 8.05. The highest BCUT2D eigenvalue weighted by atomic mass is 35.5. The number of ether oxygens (including phenoxy) is 1. The van der Waals surface area contributed by atoms with Gasteiger partial charge in [0.15, 0.2) is 6.61 Å². The second-order valence-electron chi connectivity index (χ2n) is 5.04. The maximum absolute atomic E-state index is 12.8. The van der Waals surface area contributed by atoms with E-state index in [0.717, 1.165) is 0 Å². The third-order valence-corrected chi connectivity index (χ3v) is 3.80. The van der Waals surface area contributed by atoms with Crippen LogP contribution < -0.4 is 10.6 Å². The van der Waals surface area contributed by atoms with Crippen molar-refractivity contribution in [3.8, 4) is 0 Å². The summed E-state index contributed by atoms with van der Waals surface area (Å²) in [6.45, 7) is -0.899. The van der Waals surface area contributed by atoms with Crippen molar-refractivity contribution in [3.63, 3.8) is 0 Å². The van der Waals surface area contributed by atoms with Crippen molar-refractivity contribution >= 4 is 46.7 Å². The maximum Gasteiger partial charge on any atom is 0.338 e. The molecule has 6 nitrogen and oxygen atoms in total. The smallest absolute Gasteiger partial charge is 0.338 e. The normalized spacial score (nSPS) is 10.1. The van der Waals surface area contributed by atoms with Crippen LogP contribution in [0.3, 0.4) is 0 Å². The lowest BCUT2D eigenvalue weighted by molar-refractivity contribution is -0.126. The number of carbonyl (C=O) groups is 3. The fraction of sp³-hybridized carbons (Fsp3) is 0.118. The molecule has 0 saturated heterocycles. The molecule has 0 fully saturated rings. The molecule has 0 aliphatic heterocycles. The van der Waals surface area contributed by atoms with Crippen LogP contribution in [0.2, 0.25) is 10.0 Å². The van der Waals surface area contributed by atoms with Gasteiger partial charge in [0, 0.05) is 5.69 Å². The van der Waals surface area contributed by atoms with Crippen LogP contribution in [0.5, 0.6) is 0 Å². The van der Waals surface area contributed by atoms with E-state index in [4.69, 9.17) is 27.9 Å². The third kappa shape index (κ3) is 6.02. The fourth-order valence-corrected chi connectivity index (χ4v) is 2.10. The average Bonchev–Trinajstić information content (AvgIpc) is 2.62. The maximum atomic E-state index is 12.8. The SMILES string of the molecule is O=C(COC(=O)c1ccc(Cl)c(Cl)c1)NCC(=O)Nc1ccc(F)cc1. The summed E-state index contributed by atoms with van der Waals surface area (Å²) in [5, 5.41) is 5.23. The summed E-state index contributed by atoms with van der Waals surface area (Å²) in [5.41, 5.74) is 0.526. The van der Waals surface area contributed by atoms with E-state index < -0.39 is 30.2 Å². The third-order valence-electron chi connectivity index (χ3n) is 3.06. The van der Waals surface area contributed by atoms with Gasteiger partial charge in [-0.15, -0.1) is 0 Å². The molecular formula is C17H13Cl2FN2O4. The zero-order valence-electron chi connectivity index (χ0n) is 13.2. The topological polar surface area (TPSA) is 84.5 Å². The van der Waals surface area contributed by atoms with Gasteiger partial charge in [-0.05, 0) is 42.5 Å². The van der Waals surface area contributed by atoms with Crippen LogP contribution in [0.25, 0.3) is 0 Å². The minimum Gasteiger partial charge on any atom is -0.452 e. The molecule has 26 heavy (non-hydrogen) atoms. The molecule has 0 unspecified atom stereocenters. The lowest BCUT2D eigenvalue weighted by Crippen LogP contribution is -2.35. The van der Waals surface area contributed by atoms with E-state index >= 15 is 0 Å². The van der Waals surface area contributed by atoms with Gasteiger partial charge in [-0.3, -0.25) is 9.59 Å². The molecule has 0 aliphatic rings. The van der Waals surface area contributed by atoms with Crippen molar-refractivity contribution in [1.29, 1.82) is 0 Å². The predicted octanol–water partition coefficient (Wildman–Crippen LogP) is 3.04. The summed E-state index contributed by atoms with van der Waals surface area (Å²) in [7, 11) is 0. The van der Waals surface area contributed by atoms with E-state index in [1.165, 1.54) is 42.5 Å². The van der Waals surface area contributed by atoms with Crippen LogP contribution in [-0.4, -0.2) is 30.9 Å². The highest BCUT2D eigenvalue weighted by Crippen LogP contribution is 2.22. The fourth-order valence-electron chi connectivity index (χ4n) is 1.81. The molecule has 0 atom stereocenters. The van der Waals surface area contributed by atoms with Crippen molar-refractivity contribution in [2.45, 2.75) is 0 Å². The van der Waals surface area contributed by atoms with Gasteiger partial charge in [0.05, 0.1) is 22.2 Å². The second kappa shape index (κ2) is 9.17. The van der Waals surface area contributed by atoms with E-state index in [2.05, 4.69) is 10.6 Å². The van der Waals surface area contributed by atoms with Gasteiger partial charge in [0.2, 0.25) is 5.91 Å². The van der Waals surface area contributed by atoms with E-state index in [1.54, 1.807) is 0 Å². The second-order valence-corrected chi connectivity index (χ2v) is 5.85. The van der Waals surface area contributed by atoms with Gasteiger partial charge in [-0.2, -0.15) is 0 Å². The summed E-state index contributed by atoms with van der Waals surface area (Å²) in [5.74, 6) is -2.36. The molecular weight excluding hydrogens is 386 g/mol. The average molecular weight is 399 g/mol. The summed E-state index contributed by atoms with van der Waals surface area (Å²) in [6, 6.07) is 9.31. The van der Waals surface area contributed by atoms with E-state index in [0.29, 0.717) is 5.69 Å². The lowest BCUT2D eigenvalue weighted by Gasteiger charge is -2.08. The van der Waals surface area contributed by atoms with E-state index in [9.17, 15) is 18.8 Å². The summed E-state index contributed by atoms with van der Waals surface area (Å²) < 4.78 is 17.6. The Morgan fingerprint density at radius 3 is 2.31 bits per heavy atom. The van der Waals surface area contributed by atoms with Gasteiger partial charge in [-0.1, -0.05) is 23.2 Å². The Morgan fingerprint density at radius 1 is 0.962 bits per heavy atom. The van der Waals surface area contributed by atoms with Gasteiger partial charge in [0.25, 0.3) is 5.91 Å². The van der Waals surface area contributed by atoms with Crippen LogP contribution in [0.4, 0.5) is 10.1 Å². The molecule has 9 heteroatoms. The quantitative estimate of drug-likeness (QED) is 0.732. The number of halogens is 3. The largest absolute Gasteiger partial charge is 0.452 e. The van der Waals surface area contributed by atoms with Gasteiger partial charge in [-0.25, -0.2) is 9.18 Å². The monoisotopic (exact) mass is 398 g/mol. The van der Waals surface area contributed by atoms with Crippen LogP contribution in [0.15, 0.2) is 42.5 Å². The number of amides is 2. The van der Waals surface area contributed by atoms with Crippen molar-refractivity contribution in [2.75, 3.05) is 18.5 Å². The van der Waals surface area contributed by atoms with E-state index in [1.807, 2.05) is 0 Å². The number of benzene rings is 2. The Bertz CT molecular complexity index is 828. The Kier molecular flexibility index (Phi) is 6.94. The number of carbonyl (C=O) groups excluding carboxylic acids is 3. The summed E-state index contributed by atoms with van der Waals surface area (Å²) >= 11 is 11.5. The first-order chi connectivity index (χ1) is 12.3. The molecule has 2 aromatic carbocycles. The number of rotatable bonds is 6. The van der Waals surface area contributed by atoms with Crippen molar-refractivity contribution in [3.05, 3.63) is 63.9 Å². The molecule has 2 N–H and O–H groups in total. The van der Waals surface area contributed by atoms with Crippen molar-refractivity contribution < 1.29 is 23.5 Å². The molecule has 136 valence electrons. The van der Waals surface area contributed by atoms with Crippen LogP contribution >= 0.6 is 23.2 Å². The highest BCUT2D eigenvalue weighted by Gasteiger charge is 2.12. The van der Waals surface area contributed by atoms with Crippen LogP contribution in [0.1, 0.15) is 10.4 Å². The van der Waals surface area contributed by atoms with Crippen molar-refractivity contribution in [1.82, 2.24) is 5.32 Å². The molecule has 0 bridgehead atoms. The lowest BCUT2D eigenvalue weighted by atomic mass is 10.2. The number of hydrogen-bond donors (Lipinski definition) is 2. The molecule has 0 saturated carbocycles. The molecule has 2 amide bonds. The first kappa shape index (κ1) is 19.7. The zero-order chi connectivity index (χ0) is 19.1. The Labute approximate surface area is 158 Å². The van der Waals surface area contributed by atoms with E-state index in [-0.39, 0.29) is 22.2 Å². The van der Waals surface area contributed by atoms with Crippen molar-refractivity contribution in [2.24, 2.45) is 0 Å². The standard InChI is InChI=1S/C17H13Cl2FN2O4/c18-13-6-1-10(7-14(13)19)17(25)26-9-16(24)21-8-15(23)22-12-4-2-11(20)3-5-12/h1-7H,8-9H2,(H,21,24)(H,22,23). The predicted molar refractivity (Wildman–Crippen MR) is 94.8 cm³/mol. The minimum atomic E-state index is -0.755. The molecule has 0 aliphatic carbocycles. The van der Waals surface area contributed by atoms with Gasteiger partial charge >= 0.3 is 5.97 Å². The number of anilines is 1. The number of nitrogens with one attached hydrogen (secondary N) is 2. The Hall–Kier alpha value is -2.64. The Balaban J connectivity index is 1.74. The zero-order valence-corrected chi connectivity index (χ0v) is 14.7. The van der Waals surface area contributed by atoms with Gasteiger partial charge < -0.3 is 15.4 Å². The minimum absolute atomic E-state index is 0.140. The Morgan fingerprint density at radius 2 is 1.65 bits per heavy atom.